The molecule has 0 saturated heterocycles. The van der Waals surface area contributed by atoms with Crippen LogP contribution in [0.15, 0.2) is 12.3 Å². The Morgan fingerprint density at radius 3 is 2.20 bits per heavy atom. The minimum Gasteiger partial charge on any atom is -0.364 e. The van der Waals surface area contributed by atoms with Crippen LogP contribution in [0.4, 0.5) is 0 Å². The third-order valence-corrected chi connectivity index (χ3v) is 2.08. The average molecular weight is 249 g/mol. The molecule has 10 heavy (non-hydrogen) atoms. The number of rotatable bonds is 0. The number of nitrogens with one attached hydrogen (secondary N) is 1. The molecule has 0 unspecified atom stereocenters. The molecule has 0 fully saturated rings. The van der Waals surface area contributed by atoms with Crippen molar-refractivity contribution in [3.05, 3.63) is 21.5 Å². The van der Waals surface area contributed by atoms with E-state index in [0.717, 1.165) is 0 Å². The van der Waals surface area contributed by atoms with Gasteiger partial charge in [-0.15, -0.1) is 0 Å². The predicted molar refractivity (Wildman–Crippen MR) is 52.2 cm³/mol. The Kier molecular flexibility index (Phi) is 2.08. The normalized spacial score (nSPS) is 12.0. The van der Waals surface area contributed by atoms with Gasteiger partial charge in [-0.2, -0.15) is 0 Å². The van der Waals surface area contributed by atoms with Crippen molar-refractivity contribution < 1.29 is 0 Å². The maximum atomic E-state index is 3.24. The number of aromatic amines is 1. The van der Waals surface area contributed by atoms with Gasteiger partial charge in [0.05, 0.1) is 0 Å². The molecule has 2 heteroatoms. The standard InChI is InChI=1S/C8H12IN/c1-8(2,3)7-4-6(9)5-10-7/h4-5,10H,1-3H3. The molecule has 1 aromatic heterocycles. The summed E-state index contributed by atoms with van der Waals surface area (Å²) in [5, 5.41) is 0. The molecule has 1 rings (SSSR count). The van der Waals surface area contributed by atoms with E-state index >= 15 is 0 Å². The Morgan fingerprint density at radius 2 is 2.00 bits per heavy atom. The molecule has 0 radical (unpaired) electrons. The first-order valence-corrected chi connectivity index (χ1v) is 4.42. The first kappa shape index (κ1) is 8.11. The van der Waals surface area contributed by atoms with Crippen LogP contribution in [0, 0.1) is 3.57 Å². The fourth-order valence-electron chi connectivity index (χ4n) is 0.801. The summed E-state index contributed by atoms with van der Waals surface area (Å²) >= 11 is 2.31. The van der Waals surface area contributed by atoms with Crippen LogP contribution in [0.2, 0.25) is 0 Å². The van der Waals surface area contributed by atoms with Gasteiger partial charge in [-0.1, -0.05) is 20.8 Å². The van der Waals surface area contributed by atoms with Crippen LogP contribution in [-0.4, -0.2) is 4.98 Å². The number of H-pyrrole nitrogens is 1. The van der Waals surface area contributed by atoms with Gasteiger partial charge in [-0.05, 0) is 28.7 Å². The van der Waals surface area contributed by atoms with E-state index in [2.05, 4.69) is 54.4 Å². The smallest absolute Gasteiger partial charge is 0.0307 e. The first-order chi connectivity index (χ1) is 4.50. The summed E-state index contributed by atoms with van der Waals surface area (Å²) in [5.41, 5.74) is 1.56. The van der Waals surface area contributed by atoms with Crippen molar-refractivity contribution in [2.75, 3.05) is 0 Å². The molecule has 0 aliphatic carbocycles. The minimum absolute atomic E-state index is 0.253. The first-order valence-electron chi connectivity index (χ1n) is 3.34. The van der Waals surface area contributed by atoms with E-state index in [-0.39, 0.29) is 5.41 Å². The lowest BCUT2D eigenvalue weighted by Crippen LogP contribution is -2.10. The van der Waals surface area contributed by atoms with E-state index in [1.165, 1.54) is 9.26 Å². The number of aromatic nitrogens is 1. The fourth-order valence-corrected chi connectivity index (χ4v) is 1.27. The summed E-state index contributed by atoms with van der Waals surface area (Å²) in [4.78, 5) is 3.24. The summed E-state index contributed by atoms with van der Waals surface area (Å²) in [7, 11) is 0. The molecule has 0 saturated carbocycles. The van der Waals surface area contributed by atoms with Crippen molar-refractivity contribution in [2.45, 2.75) is 26.2 Å². The molecule has 1 nitrogen and oxygen atoms in total. The second kappa shape index (κ2) is 2.57. The van der Waals surface area contributed by atoms with Gasteiger partial charge in [-0.3, -0.25) is 0 Å². The van der Waals surface area contributed by atoms with E-state index in [1.54, 1.807) is 0 Å². The predicted octanol–water partition coefficient (Wildman–Crippen LogP) is 2.92. The van der Waals surface area contributed by atoms with Crippen LogP contribution in [0.25, 0.3) is 0 Å². The number of hydrogen-bond acceptors (Lipinski definition) is 0. The van der Waals surface area contributed by atoms with Crippen molar-refractivity contribution in [3.63, 3.8) is 0 Å². The third kappa shape index (κ3) is 1.75. The number of halogens is 1. The van der Waals surface area contributed by atoms with Crippen LogP contribution in [0.3, 0.4) is 0 Å². The van der Waals surface area contributed by atoms with Crippen LogP contribution < -0.4 is 0 Å². The van der Waals surface area contributed by atoms with Gasteiger partial charge in [-0.25, -0.2) is 0 Å². The van der Waals surface area contributed by atoms with Crippen molar-refractivity contribution in [2.24, 2.45) is 0 Å². The maximum absolute atomic E-state index is 3.24. The van der Waals surface area contributed by atoms with Crippen molar-refractivity contribution >= 4 is 22.6 Å². The van der Waals surface area contributed by atoms with Crippen molar-refractivity contribution in [1.82, 2.24) is 4.98 Å². The van der Waals surface area contributed by atoms with E-state index in [4.69, 9.17) is 0 Å². The highest BCUT2D eigenvalue weighted by atomic mass is 127. The van der Waals surface area contributed by atoms with Gasteiger partial charge in [0.25, 0.3) is 0 Å². The third-order valence-electron chi connectivity index (χ3n) is 1.46. The highest BCUT2D eigenvalue weighted by Gasteiger charge is 2.14. The maximum Gasteiger partial charge on any atom is 0.0307 e. The minimum atomic E-state index is 0.253. The van der Waals surface area contributed by atoms with E-state index < -0.39 is 0 Å². The lowest BCUT2D eigenvalue weighted by atomic mass is 9.93. The summed E-state index contributed by atoms with van der Waals surface area (Å²) in [6, 6.07) is 2.18. The largest absolute Gasteiger partial charge is 0.364 e. The molecular formula is C8H12IN. The van der Waals surface area contributed by atoms with E-state index in [9.17, 15) is 0 Å². The van der Waals surface area contributed by atoms with Crippen molar-refractivity contribution in [1.29, 1.82) is 0 Å². The zero-order chi connectivity index (χ0) is 7.78. The molecule has 1 N–H and O–H groups in total. The molecule has 0 spiro atoms. The molecule has 0 amide bonds. The molecule has 56 valence electrons. The molecule has 0 aromatic carbocycles. The number of hydrogen-bond donors (Lipinski definition) is 1. The van der Waals surface area contributed by atoms with Crippen LogP contribution >= 0.6 is 22.6 Å². The van der Waals surface area contributed by atoms with Gasteiger partial charge in [0.15, 0.2) is 0 Å². The summed E-state index contributed by atoms with van der Waals surface area (Å²) in [6.45, 7) is 6.61. The van der Waals surface area contributed by atoms with Gasteiger partial charge in [0.2, 0.25) is 0 Å². The molecule has 0 atom stereocenters. The lowest BCUT2D eigenvalue weighted by Gasteiger charge is -2.15. The monoisotopic (exact) mass is 249 g/mol. The molecular weight excluding hydrogens is 237 g/mol. The Balaban J connectivity index is 2.96. The molecule has 0 bridgehead atoms. The summed E-state index contributed by atoms with van der Waals surface area (Å²) in [6.07, 6.45) is 2.03. The summed E-state index contributed by atoms with van der Waals surface area (Å²) in [5.74, 6) is 0. The van der Waals surface area contributed by atoms with Gasteiger partial charge in [0, 0.05) is 20.9 Å². The summed E-state index contributed by atoms with van der Waals surface area (Å²) < 4.78 is 1.28. The Morgan fingerprint density at radius 1 is 1.40 bits per heavy atom. The van der Waals surface area contributed by atoms with Crippen LogP contribution in [0.5, 0.6) is 0 Å². The fraction of sp³-hybridized carbons (Fsp3) is 0.500. The Bertz CT molecular complexity index is 219. The zero-order valence-corrected chi connectivity index (χ0v) is 8.69. The van der Waals surface area contributed by atoms with Crippen LogP contribution in [0.1, 0.15) is 26.5 Å². The highest BCUT2D eigenvalue weighted by molar-refractivity contribution is 14.1. The van der Waals surface area contributed by atoms with E-state index in [0.29, 0.717) is 0 Å². The van der Waals surface area contributed by atoms with Crippen LogP contribution in [-0.2, 0) is 5.41 Å². The van der Waals surface area contributed by atoms with Crippen molar-refractivity contribution in [3.8, 4) is 0 Å². The molecule has 0 aliphatic rings. The van der Waals surface area contributed by atoms with E-state index in [1.807, 2.05) is 6.20 Å². The topological polar surface area (TPSA) is 15.8 Å². The molecule has 1 heterocycles. The van der Waals surface area contributed by atoms with Gasteiger partial charge >= 0.3 is 0 Å². The quantitative estimate of drug-likeness (QED) is 0.680. The molecule has 0 aliphatic heterocycles. The zero-order valence-electron chi connectivity index (χ0n) is 6.53. The lowest BCUT2D eigenvalue weighted by molar-refractivity contribution is 0.573. The van der Waals surface area contributed by atoms with Gasteiger partial charge < -0.3 is 4.98 Å². The Hall–Kier alpha value is 0.01000. The second-order valence-corrected chi connectivity index (χ2v) is 4.73. The average Bonchev–Trinajstić information content (AvgIpc) is 2.11. The highest BCUT2D eigenvalue weighted by Crippen LogP contribution is 2.21. The SMILES string of the molecule is CC(C)(C)c1cc(I)c[nH]1. The van der Waals surface area contributed by atoms with Gasteiger partial charge in [0.1, 0.15) is 0 Å². The second-order valence-electron chi connectivity index (χ2n) is 3.48. The molecule has 1 aromatic rings. The Labute approximate surface area is 75.4 Å².